The molecule has 0 aliphatic carbocycles. The molecule has 0 radical (unpaired) electrons. The Labute approximate surface area is 95.8 Å². The summed E-state index contributed by atoms with van der Waals surface area (Å²) < 4.78 is 0. The minimum absolute atomic E-state index is 0.586. The van der Waals surface area contributed by atoms with E-state index < -0.39 is 0 Å². The van der Waals surface area contributed by atoms with Crippen LogP contribution >= 0.6 is 0 Å². The van der Waals surface area contributed by atoms with Crippen molar-refractivity contribution in [1.82, 2.24) is 0 Å². The summed E-state index contributed by atoms with van der Waals surface area (Å²) >= 11 is 0. The molecule has 0 bridgehead atoms. The highest BCUT2D eigenvalue weighted by atomic mass is 14.0. The van der Waals surface area contributed by atoms with Gasteiger partial charge in [-0.05, 0) is 44.9 Å². The molecule has 0 N–H and O–H groups in total. The van der Waals surface area contributed by atoms with E-state index in [0.29, 0.717) is 5.92 Å². The highest BCUT2D eigenvalue weighted by molar-refractivity contribution is 4.97. The summed E-state index contributed by atoms with van der Waals surface area (Å²) in [6.07, 6.45) is 17.2. The Bertz CT molecular complexity index is 208. The third-order valence-electron chi connectivity index (χ3n) is 2.49. The Hall–Kier alpha value is -0.780. The molecule has 0 amide bonds. The minimum atomic E-state index is 0.586. The smallest absolute Gasteiger partial charge is 0.00820 e. The molecule has 15 heavy (non-hydrogen) atoms. The predicted molar refractivity (Wildman–Crippen MR) is 70.9 cm³/mol. The van der Waals surface area contributed by atoms with Gasteiger partial charge in [0.05, 0.1) is 0 Å². The third kappa shape index (κ3) is 9.52. The van der Waals surface area contributed by atoms with E-state index in [9.17, 15) is 0 Å². The van der Waals surface area contributed by atoms with Crippen molar-refractivity contribution in [2.24, 2.45) is 11.8 Å². The van der Waals surface area contributed by atoms with Crippen molar-refractivity contribution in [2.45, 2.75) is 47.0 Å². The molecular weight excluding hydrogens is 180 g/mol. The molecule has 2 atom stereocenters. The summed E-state index contributed by atoms with van der Waals surface area (Å²) in [6.45, 7) is 8.67. The van der Waals surface area contributed by atoms with Crippen LogP contribution < -0.4 is 0 Å². The van der Waals surface area contributed by atoms with Crippen LogP contribution in [0.2, 0.25) is 0 Å². The van der Waals surface area contributed by atoms with Gasteiger partial charge < -0.3 is 0 Å². The van der Waals surface area contributed by atoms with Crippen LogP contribution in [0.25, 0.3) is 0 Å². The van der Waals surface area contributed by atoms with E-state index in [0.717, 1.165) is 5.92 Å². The van der Waals surface area contributed by atoms with Crippen LogP contribution in [0, 0.1) is 11.8 Å². The van der Waals surface area contributed by atoms with Gasteiger partial charge in [0.15, 0.2) is 0 Å². The first-order chi connectivity index (χ1) is 7.20. The van der Waals surface area contributed by atoms with E-state index in [1.807, 2.05) is 0 Å². The van der Waals surface area contributed by atoms with Gasteiger partial charge >= 0.3 is 0 Å². The topological polar surface area (TPSA) is 0 Å². The lowest BCUT2D eigenvalue weighted by molar-refractivity contribution is 0.610. The molecule has 0 nitrogen and oxygen atoms in total. The Balaban J connectivity index is 3.53. The van der Waals surface area contributed by atoms with Crippen LogP contribution in [-0.4, -0.2) is 0 Å². The van der Waals surface area contributed by atoms with Gasteiger partial charge in [0.1, 0.15) is 0 Å². The molecule has 0 aromatic carbocycles. The first-order valence-corrected chi connectivity index (χ1v) is 6.13. The number of hydrogen-bond acceptors (Lipinski definition) is 0. The zero-order valence-electron chi connectivity index (χ0n) is 10.7. The van der Waals surface area contributed by atoms with Crippen molar-refractivity contribution in [3.63, 3.8) is 0 Å². The van der Waals surface area contributed by atoms with Crippen molar-refractivity contribution >= 4 is 0 Å². The van der Waals surface area contributed by atoms with Gasteiger partial charge in [0.2, 0.25) is 0 Å². The van der Waals surface area contributed by atoms with E-state index in [1.54, 1.807) is 0 Å². The summed E-state index contributed by atoms with van der Waals surface area (Å²) in [5, 5.41) is 0. The zero-order chi connectivity index (χ0) is 11.5. The molecule has 0 aromatic rings. The molecule has 0 heterocycles. The Morgan fingerprint density at radius 3 is 2.20 bits per heavy atom. The van der Waals surface area contributed by atoms with E-state index in [4.69, 9.17) is 0 Å². The zero-order valence-corrected chi connectivity index (χ0v) is 10.7. The second-order valence-corrected chi connectivity index (χ2v) is 4.25. The van der Waals surface area contributed by atoms with E-state index in [2.05, 4.69) is 64.2 Å². The van der Waals surface area contributed by atoms with Crippen molar-refractivity contribution in [1.29, 1.82) is 0 Å². The molecule has 0 saturated heterocycles. The van der Waals surface area contributed by atoms with Crippen molar-refractivity contribution in [3.8, 4) is 0 Å². The second kappa shape index (κ2) is 9.76. The maximum absolute atomic E-state index is 2.31. The first kappa shape index (κ1) is 14.2. The fraction of sp³-hybridized carbons (Fsp3) is 0.600. The first-order valence-electron chi connectivity index (χ1n) is 6.13. The number of unbranched alkanes of at least 4 members (excludes halogenated alkanes) is 1. The minimum Gasteiger partial charge on any atom is -0.0914 e. The molecule has 0 fully saturated rings. The molecule has 0 aromatic heterocycles. The highest BCUT2D eigenvalue weighted by Crippen LogP contribution is 2.10. The van der Waals surface area contributed by atoms with Crippen molar-refractivity contribution in [2.75, 3.05) is 0 Å². The fourth-order valence-electron chi connectivity index (χ4n) is 1.66. The average Bonchev–Trinajstić information content (AvgIpc) is 2.18. The van der Waals surface area contributed by atoms with Gasteiger partial charge in [0.25, 0.3) is 0 Å². The molecule has 0 spiro atoms. The lowest BCUT2D eigenvalue weighted by Gasteiger charge is -2.03. The molecule has 0 rings (SSSR count). The van der Waals surface area contributed by atoms with Crippen LogP contribution in [0.3, 0.4) is 0 Å². The molecule has 0 aliphatic rings. The molecule has 0 aliphatic heterocycles. The van der Waals surface area contributed by atoms with Gasteiger partial charge in [0, 0.05) is 0 Å². The maximum Gasteiger partial charge on any atom is -0.00820 e. The van der Waals surface area contributed by atoms with E-state index in [-0.39, 0.29) is 0 Å². The third-order valence-corrected chi connectivity index (χ3v) is 2.49. The van der Waals surface area contributed by atoms with E-state index in [1.165, 1.54) is 19.3 Å². The van der Waals surface area contributed by atoms with Gasteiger partial charge in [-0.1, -0.05) is 50.3 Å². The Morgan fingerprint density at radius 1 is 0.933 bits per heavy atom. The maximum atomic E-state index is 2.31. The van der Waals surface area contributed by atoms with Crippen LogP contribution in [0.1, 0.15) is 47.0 Å². The summed E-state index contributed by atoms with van der Waals surface area (Å²) in [7, 11) is 0. The summed E-state index contributed by atoms with van der Waals surface area (Å²) in [5.41, 5.74) is 0. The van der Waals surface area contributed by atoms with Crippen LogP contribution in [0.5, 0.6) is 0 Å². The lowest BCUT2D eigenvalue weighted by Crippen LogP contribution is -1.88. The summed E-state index contributed by atoms with van der Waals surface area (Å²) in [6, 6.07) is 0. The van der Waals surface area contributed by atoms with Gasteiger partial charge in [-0.3, -0.25) is 0 Å². The van der Waals surface area contributed by atoms with Crippen LogP contribution in [0.15, 0.2) is 36.5 Å². The monoisotopic (exact) mass is 206 g/mol. The van der Waals surface area contributed by atoms with Gasteiger partial charge in [-0.25, -0.2) is 0 Å². The molecular formula is C15H26. The molecule has 2 unspecified atom stereocenters. The second-order valence-electron chi connectivity index (χ2n) is 4.25. The normalized spacial score (nSPS) is 16.8. The van der Waals surface area contributed by atoms with Crippen LogP contribution in [0.4, 0.5) is 0 Å². The van der Waals surface area contributed by atoms with E-state index >= 15 is 0 Å². The number of allylic oxidation sites excluding steroid dienone is 6. The molecule has 86 valence electrons. The summed E-state index contributed by atoms with van der Waals surface area (Å²) in [5.74, 6) is 1.32. The Kier molecular flexibility index (Phi) is 9.26. The Morgan fingerprint density at radius 2 is 1.60 bits per heavy atom. The molecule has 0 heteroatoms. The van der Waals surface area contributed by atoms with Crippen LogP contribution in [-0.2, 0) is 0 Å². The summed E-state index contributed by atoms with van der Waals surface area (Å²) in [4.78, 5) is 0. The standard InChI is InChI=1S/C15H26/c1-5-10-14(3)12-8-7-9-13-15(4)11-6-2/h5-6,8,10-12,14-15H,7,9,13H2,1-4H3. The SMILES string of the molecule is CC=CC(C)C=CCCCC(C)C=CC. The number of hydrogen-bond donors (Lipinski definition) is 0. The quantitative estimate of drug-likeness (QED) is 0.400. The van der Waals surface area contributed by atoms with Crippen molar-refractivity contribution < 1.29 is 0 Å². The van der Waals surface area contributed by atoms with Crippen molar-refractivity contribution in [3.05, 3.63) is 36.5 Å². The average molecular weight is 206 g/mol. The molecule has 0 saturated carbocycles. The van der Waals surface area contributed by atoms with Gasteiger partial charge in [-0.15, -0.1) is 0 Å². The lowest BCUT2D eigenvalue weighted by atomic mass is 10.0. The predicted octanol–water partition coefficient (Wildman–Crippen LogP) is 5.14. The number of rotatable bonds is 7. The largest absolute Gasteiger partial charge is 0.0914 e. The fourth-order valence-corrected chi connectivity index (χ4v) is 1.66. The highest BCUT2D eigenvalue weighted by Gasteiger charge is 1.94. The van der Waals surface area contributed by atoms with Gasteiger partial charge in [-0.2, -0.15) is 0 Å².